The second-order valence-corrected chi connectivity index (χ2v) is 11.1. The van der Waals surface area contributed by atoms with Crippen LogP contribution in [0, 0.1) is 19.8 Å². The quantitative estimate of drug-likeness (QED) is 0.612. The van der Waals surface area contributed by atoms with E-state index in [1.54, 1.807) is 17.0 Å². The predicted octanol–water partition coefficient (Wildman–Crippen LogP) is 5.54. The minimum Gasteiger partial charge on any atom is -0.508 e. The Morgan fingerprint density at radius 1 is 1.09 bits per heavy atom. The van der Waals surface area contributed by atoms with Gasteiger partial charge in [-0.2, -0.15) is 0 Å². The summed E-state index contributed by atoms with van der Waals surface area (Å²) in [5.74, 6) is -0.204. The molecule has 1 aliphatic heterocycles. The van der Waals surface area contributed by atoms with Gasteiger partial charge in [0.2, 0.25) is 5.91 Å². The zero-order chi connectivity index (χ0) is 25.3. The lowest BCUT2D eigenvalue weighted by Gasteiger charge is -2.40. The molecule has 1 saturated carbocycles. The summed E-state index contributed by atoms with van der Waals surface area (Å²) in [4.78, 5) is 30.8. The molecule has 2 atom stereocenters. The van der Waals surface area contributed by atoms with Crippen molar-refractivity contribution in [2.75, 3.05) is 13.1 Å². The van der Waals surface area contributed by atoms with Crippen LogP contribution in [0.15, 0.2) is 42.5 Å². The van der Waals surface area contributed by atoms with Crippen LogP contribution in [0.2, 0.25) is 0 Å². The van der Waals surface area contributed by atoms with Gasteiger partial charge in [0, 0.05) is 25.7 Å². The molecule has 0 radical (unpaired) electrons. The number of hydrogen-bond donors (Lipinski definition) is 1. The zero-order valence-electron chi connectivity index (χ0n) is 21.6. The van der Waals surface area contributed by atoms with E-state index in [0.717, 1.165) is 18.4 Å². The number of piperidine rings is 1. The van der Waals surface area contributed by atoms with Crippen LogP contribution in [0.1, 0.15) is 68.2 Å². The number of aryl methyl sites for hydroxylation is 1. The summed E-state index contributed by atoms with van der Waals surface area (Å²) in [5.41, 5.74) is 3.95. The van der Waals surface area contributed by atoms with Gasteiger partial charge in [0.25, 0.3) is 0 Å². The van der Waals surface area contributed by atoms with Crippen LogP contribution in [0.4, 0.5) is 4.79 Å². The third kappa shape index (κ3) is 5.98. The monoisotopic (exact) mass is 478 g/mol. The number of benzene rings is 2. The molecule has 0 aromatic heterocycles. The maximum atomic E-state index is 14.2. The summed E-state index contributed by atoms with van der Waals surface area (Å²) in [6, 6.07) is 13.7. The standard InChI is InChI=1S/C29H38N2O4/c1-19-8-6-10-22(20(19)2)17-31(23-12-13-23)27(33)26-18-30(28(34)35-29(3,4)5)15-14-25(26)21-9-7-11-24(32)16-21/h6-11,16,23,25-26,32H,12-15,17-18H2,1-5H3/t25-,26+/m1/s1. The Kier molecular flexibility index (Phi) is 7.11. The van der Waals surface area contributed by atoms with Crippen LogP contribution in [0.5, 0.6) is 5.75 Å². The van der Waals surface area contributed by atoms with Crippen LogP contribution < -0.4 is 0 Å². The number of rotatable bonds is 5. The third-order valence-corrected chi connectivity index (χ3v) is 7.21. The number of amides is 2. The van der Waals surface area contributed by atoms with Gasteiger partial charge in [-0.15, -0.1) is 0 Å². The van der Waals surface area contributed by atoms with Gasteiger partial charge in [-0.05, 0) is 94.2 Å². The molecule has 2 aliphatic rings. The van der Waals surface area contributed by atoms with Gasteiger partial charge in [0.1, 0.15) is 11.4 Å². The minimum atomic E-state index is -0.596. The average molecular weight is 479 g/mol. The molecule has 0 unspecified atom stereocenters. The Bertz CT molecular complexity index is 1090. The van der Waals surface area contributed by atoms with Gasteiger partial charge >= 0.3 is 6.09 Å². The molecule has 0 bridgehead atoms. The fraction of sp³-hybridized carbons (Fsp3) is 0.517. The Morgan fingerprint density at radius 2 is 1.80 bits per heavy atom. The Morgan fingerprint density at radius 3 is 2.46 bits per heavy atom. The summed E-state index contributed by atoms with van der Waals surface area (Å²) in [6.45, 7) is 11.2. The summed E-state index contributed by atoms with van der Waals surface area (Å²) < 4.78 is 5.63. The highest BCUT2D eigenvalue weighted by atomic mass is 16.6. The maximum absolute atomic E-state index is 14.2. The van der Waals surface area contributed by atoms with Crippen molar-refractivity contribution in [3.63, 3.8) is 0 Å². The van der Waals surface area contributed by atoms with Gasteiger partial charge in [-0.25, -0.2) is 4.79 Å². The Labute approximate surface area is 208 Å². The van der Waals surface area contributed by atoms with Gasteiger partial charge in [-0.1, -0.05) is 30.3 Å². The molecule has 6 heteroatoms. The predicted molar refractivity (Wildman–Crippen MR) is 136 cm³/mol. The highest BCUT2D eigenvalue weighted by Crippen LogP contribution is 2.39. The summed E-state index contributed by atoms with van der Waals surface area (Å²) in [5, 5.41) is 10.1. The second-order valence-electron chi connectivity index (χ2n) is 11.1. The number of likely N-dealkylation sites (tertiary alicyclic amines) is 1. The third-order valence-electron chi connectivity index (χ3n) is 7.21. The van der Waals surface area contributed by atoms with Crippen molar-refractivity contribution in [2.45, 2.75) is 78.0 Å². The molecule has 4 rings (SSSR count). The number of hydrogen-bond acceptors (Lipinski definition) is 4. The number of carbonyl (C=O) groups excluding carboxylic acids is 2. The summed E-state index contributed by atoms with van der Waals surface area (Å²) in [6.07, 6.45) is 2.28. The first-order valence-electron chi connectivity index (χ1n) is 12.7. The lowest BCUT2D eigenvalue weighted by Crippen LogP contribution is -2.51. The molecule has 1 aliphatic carbocycles. The number of ether oxygens (including phenoxy) is 1. The van der Waals surface area contributed by atoms with E-state index in [2.05, 4.69) is 26.0 Å². The highest BCUT2D eigenvalue weighted by molar-refractivity contribution is 5.82. The molecule has 1 saturated heterocycles. The molecule has 188 valence electrons. The summed E-state index contributed by atoms with van der Waals surface area (Å²) >= 11 is 0. The van der Waals surface area contributed by atoms with E-state index < -0.39 is 11.5 Å². The number of phenols is 1. The molecule has 2 amide bonds. The van der Waals surface area contributed by atoms with Crippen LogP contribution in [0.3, 0.4) is 0 Å². The van der Waals surface area contributed by atoms with Crippen LogP contribution >= 0.6 is 0 Å². The average Bonchev–Trinajstić information content (AvgIpc) is 3.63. The summed E-state index contributed by atoms with van der Waals surface area (Å²) in [7, 11) is 0. The lowest BCUT2D eigenvalue weighted by molar-refractivity contribution is -0.139. The Hall–Kier alpha value is -3.02. The van der Waals surface area contributed by atoms with E-state index >= 15 is 0 Å². The number of phenolic OH excluding ortho intramolecular Hbond substituents is 1. The molecule has 1 N–H and O–H groups in total. The van der Waals surface area contributed by atoms with Gasteiger partial charge < -0.3 is 19.6 Å². The van der Waals surface area contributed by atoms with E-state index in [-0.39, 0.29) is 29.7 Å². The lowest BCUT2D eigenvalue weighted by atomic mass is 9.79. The largest absolute Gasteiger partial charge is 0.508 e. The van der Waals surface area contributed by atoms with Crippen molar-refractivity contribution in [1.29, 1.82) is 0 Å². The van der Waals surface area contributed by atoms with Gasteiger partial charge in [0.05, 0.1) is 5.92 Å². The molecular formula is C29H38N2O4. The maximum Gasteiger partial charge on any atom is 0.410 e. The first-order chi connectivity index (χ1) is 16.5. The first-order valence-corrected chi connectivity index (χ1v) is 12.7. The van der Waals surface area contributed by atoms with Crippen molar-refractivity contribution < 1.29 is 19.4 Å². The van der Waals surface area contributed by atoms with Crippen molar-refractivity contribution in [2.24, 2.45) is 5.92 Å². The molecule has 0 spiro atoms. The fourth-order valence-corrected chi connectivity index (χ4v) is 5.00. The van der Waals surface area contributed by atoms with E-state index in [0.29, 0.717) is 26.1 Å². The topological polar surface area (TPSA) is 70.1 Å². The molecule has 2 fully saturated rings. The van der Waals surface area contributed by atoms with Crippen LogP contribution in [0.25, 0.3) is 0 Å². The smallest absolute Gasteiger partial charge is 0.410 e. The zero-order valence-corrected chi connectivity index (χ0v) is 21.6. The fourth-order valence-electron chi connectivity index (χ4n) is 5.00. The van der Waals surface area contributed by atoms with E-state index in [4.69, 9.17) is 4.74 Å². The molecule has 6 nitrogen and oxygen atoms in total. The van der Waals surface area contributed by atoms with Crippen LogP contribution in [-0.4, -0.2) is 51.6 Å². The van der Waals surface area contributed by atoms with Gasteiger partial charge in [-0.3, -0.25) is 4.79 Å². The molecule has 2 aromatic carbocycles. The van der Waals surface area contributed by atoms with E-state index in [1.165, 1.54) is 16.7 Å². The van der Waals surface area contributed by atoms with Crippen molar-refractivity contribution in [1.82, 2.24) is 9.80 Å². The van der Waals surface area contributed by atoms with E-state index in [1.807, 2.05) is 43.9 Å². The SMILES string of the molecule is Cc1cccc(CN(C(=O)[C@H]2CN(C(=O)OC(C)(C)C)CC[C@@H]2c2cccc(O)c2)C2CC2)c1C. The molecule has 35 heavy (non-hydrogen) atoms. The van der Waals surface area contributed by atoms with Crippen molar-refractivity contribution in [3.05, 3.63) is 64.7 Å². The second kappa shape index (κ2) is 9.92. The number of nitrogens with zero attached hydrogens (tertiary/aromatic N) is 2. The first kappa shape index (κ1) is 25.1. The van der Waals surface area contributed by atoms with Crippen molar-refractivity contribution in [3.8, 4) is 5.75 Å². The number of carbonyl (C=O) groups is 2. The molecular weight excluding hydrogens is 440 g/mol. The van der Waals surface area contributed by atoms with Crippen LogP contribution in [-0.2, 0) is 16.1 Å². The Balaban J connectivity index is 1.63. The van der Waals surface area contributed by atoms with Crippen molar-refractivity contribution >= 4 is 12.0 Å². The number of aromatic hydroxyl groups is 1. The van der Waals surface area contributed by atoms with E-state index in [9.17, 15) is 14.7 Å². The highest BCUT2D eigenvalue weighted by Gasteiger charge is 2.43. The molecule has 1 heterocycles. The van der Waals surface area contributed by atoms with Gasteiger partial charge in [0.15, 0.2) is 0 Å². The minimum absolute atomic E-state index is 0.0758. The normalized spacial score (nSPS) is 20.4. The molecule has 2 aromatic rings.